The number of halogens is 2. The van der Waals surface area contributed by atoms with Crippen LogP contribution in [0.2, 0.25) is 0 Å². The maximum Gasteiger partial charge on any atom is 0.263 e. The predicted molar refractivity (Wildman–Crippen MR) is 55.1 cm³/mol. The molecule has 1 unspecified atom stereocenters. The topological polar surface area (TPSA) is 88.5 Å². The molecule has 0 bridgehead atoms. The molecule has 0 heterocycles. The van der Waals surface area contributed by atoms with Gasteiger partial charge in [-0.3, -0.25) is 4.79 Å². The number of hydrogen-bond acceptors (Lipinski definition) is 5. The Kier molecular flexibility index (Phi) is 3.64. The van der Waals surface area contributed by atoms with Crippen molar-refractivity contribution in [3.8, 4) is 6.07 Å². The summed E-state index contributed by atoms with van der Waals surface area (Å²) < 4.78 is 13.5. The highest BCUT2D eigenvalue weighted by Gasteiger charge is 2.30. The second kappa shape index (κ2) is 4.77. The summed E-state index contributed by atoms with van der Waals surface area (Å²) in [6, 6.07) is 1.36. The molecule has 0 fully saturated rings. The summed E-state index contributed by atoms with van der Waals surface area (Å²) in [5.41, 5.74) is 4.58. The molecule has 7 heteroatoms. The summed E-state index contributed by atoms with van der Waals surface area (Å²) in [6.07, 6.45) is -0.726. The summed E-state index contributed by atoms with van der Waals surface area (Å²) in [4.78, 5) is 15.5. The lowest BCUT2D eigenvalue weighted by Gasteiger charge is -2.17. The number of nitrogens with two attached hydrogens (primary N) is 1. The third-order valence-electron chi connectivity index (χ3n) is 1.84. The van der Waals surface area contributed by atoms with E-state index in [1.807, 2.05) is 0 Å². The third-order valence-corrected chi connectivity index (χ3v) is 2.24. The van der Waals surface area contributed by atoms with Crippen LogP contribution in [0, 0.1) is 11.3 Å². The molecular formula is C9H7ClFN3O2. The van der Waals surface area contributed by atoms with Crippen molar-refractivity contribution in [2.24, 2.45) is 10.9 Å². The summed E-state index contributed by atoms with van der Waals surface area (Å²) in [5.74, 6) is -0.913. The Morgan fingerprint density at radius 1 is 1.81 bits per heavy atom. The first-order valence-corrected chi connectivity index (χ1v) is 4.47. The molecule has 1 aliphatic carbocycles. The Morgan fingerprint density at radius 3 is 2.94 bits per heavy atom. The summed E-state index contributed by atoms with van der Waals surface area (Å²) >= 11 is 5.72. The van der Waals surface area contributed by atoms with Gasteiger partial charge in [0.1, 0.15) is 18.9 Å². The fourth-order valence-electron chi connectivity index (χ4n) is 1.12. The summed E-state index contributed by atoms with van der Waals surface area (Å²) in [6.45, 7) is 0. The molecule has 1 aliphatic rings. The molecule has 0 aliphatic heterocycles. The lowest BCUT2D eigenvalue weighted by Crippen LogP contribution is -2.29. The number of oxime groups is 1. The minimum absolute atomic E-state index is 0.189. The number of nitriles is 1. The van der Waals surface area contributed by atoms with E-state index in [0.717, 1.165) is 6.08 Å². The number of carbonyl (C=O) groups is 1. The van der Waals surface area contributed by atoms with Crippen molar-refractivity contribution >= 4 is 23.1 Å². The average Bonchev–Trinajstić information content (AvgIpc) is 2.28. The number of rotatable bonds is 2. The second-order valence-electron chi connectivity index (χ2n) is 2.83. The highest BCUT2D eigenvalue weighted by Crippen LogP contribution is 2.25. The SMILES string of the molecule is CON=C1C(Cl)=C(C(=O)C#N)C=C(N)C1F. The number of hydrogen-bond donors (Lipinski definition) is 1. The zero-order valence-corrected chi connectivity index (χ0v) is 8.95. The molecule has 84 valence electrons. The molecule has 0 spiro atoms. The van der Waals surface area contributed by atoms with Gasteiger partial charge in [-0.2, -0.15) is 5.26 Å². The molecule has 0 radical (unpaired) electrons. The Bertz CT molecular complexity index is 462. The zero-order valence-electron chi connectivity index (χ0n) is 8.20. The van der Waals surface area contributed by atoms with Gasteiger partial charge in [0, 0.05) is 0 Å². The number of Topliss-reactive ketones (excluding diaryl/α,β-unsaturated/α-hetero) is 1. The van der Waals surface area contributed by atoms with Gasteiger partial charge in [-0.25, -0.2) is 4.39 Å². The highest BCUT2D eigenvalue weighted by molar-refractivity contribution is 6.47. The first-order chi connectivity index (χ1) is 7.52. The second-order valence-corrected chi connectivity index (χ2v) is 3.21. The third kappa shape index (κ3) is 2.04. The van der Waals surface area contributed by atoms with Crippen LogP contribution in [0.1, 0.15) is 0 Å². The normalized spacial score (nSPS) is 22.8. The number of allylic oxidation sites excluding steroid dienone is 4. The van der Waals surface area contributed by atoms with E-state index in [0.29, 0.717) is 0 Å². The van der Waals surface area contributed by atoms with Crippen molar-refractivity contribution in [3.63, 3.8) is 0 Å². The van der Waals surface area contributed by atoms with Gasteiger partial charge >= 0.3 is 0 Å². The van der Waals surface area contributed by atoms with Gasteiger partial charge in [0.2, 0.25) is 0 Å². The van der Waals surface area contributed by atoms with Crippen LogP contribution in [0.4, 0.5) is 4.39 Å². The van der Waals surface area contributed by atoms with E-state index in [1.165, 1.54) is 13.2 Å². The minimum atomic E-state index is -1.75. The molecule has 0 saturated heterocycles. The van der Waals surface area contributed by atoms with Crippen LogP contribution in [-0.2, 0) is 9.63 Å². The molecule has 0 aromatic rings. The first-order valence-electron chi connectivity index (χ1n) is 4.09. The van der Waals surface area contributed by atoms with Crippen molar-refractivity contribution < 1.29 is 14.0 Å². The van der Waals surface area contributed by atoms with Crippen molar-refractivity contribution in [2.45, 2.75) is 6.17 Å². The molecule has 0 amide bonds. The lowest BCUT2D eigenvalue weighted by molar-refractivity contribution is -0.110. The number of carbonyl (C=O) groups excluding carboxylic acids is 1. The molecule has 2 N–H and O–H groups in total. The monoisotopic (exact) mass is 243 g/mol. The summed E-state index contributed by atoms with van der Waals surface area (Å²) in [7, 11) is 1.20. The standard InChI is InChI=1S/C9H7ClFN3O2/c1-16-14-9-7(10)4(6(15)3-12)2-5(13)8(9)11/h2,8H,13H2,1H3. The van der Waals surface area contributed by atoms with E-state index in [4.69, 9.17) is 22.6 Å². The van der Waals surface area contributed by atoms with Crippen molar-refractivity contribution in [2.75, 3.05) is 7.11 Å². The number of alkyl halides is 1. The maximum absolute atomic E-state index is 13.5. The first kappa shape index (κ1) is 12.2. The van der Waals surface area contributed by atoms with Crippen LogP contribution in [0.5, 0.6) is 0 Å². The van der Waals surface area contributed by atoms with E-state index in [2.05, 4.69) is 9.99 Å². The van der Waals surface area contributed by atoms with Gasteiger partial charge in [0.25, 0.3) is 5.78 Å². The Hall–Kier alpha value is -1.87. The van der Waals surface area contributed by atoms with Gasteiger partial charge in [-0.1, -0.05) is 16.8 Å². The zero-order chi connectivity index (χ0) is 12.3. The fraction of sp³-hybridized carbons (Fsp3) is 0.222. The highest BCUT2D eigenvalue weighted by atomic mass is 35.5. The minimum Gasteiger partial charge on any atom is -0.399 e. The average molecular weight is 244 g/mol. The molecule has 0 aromatic heterocycles. The van der Waals surface area contributed by atoms with Crippen LogP contribution in [-0.4, -0.2) is 24.8 Å². The smallest absolute Gasteiger partial charge is 0.263 e. The van der Waals surface area contributed by atoms with Crippen molar-refractivity contribution in [3.05, 3.63) is 22.4 Å². The van der Waals surface area contributed by atoms with Crippen LogP contribution in [0.25, 0.3) is 0 Å². The van der Waals surface area contributed by atoms with E-state index in [9.17, 15) is 9.18 Å². The van der Waals surface area contributed by atoms with Crippen LogP contribution >= 0.6 is 11.6 Å². The quantitative estimate of drug-likeness (QED) is 0.573. The van der Waals surface area contributed by atoms with Crippen molar-refractivity contribution in [1.29, 1.82) is 5.26 Å². The molecule has 1 rings (SSSR count). The molecule has 5 nitrogen and oxygen atoms in total. The molecular weight excluding hydrogens is 237 g/mol. The van der Waals surface area contributed by atoms with E-state index in [1.54, 1.807) is 0 Å². The largest absolute Gasteiger partial charge is 0.399 e. The Morgan fingerprint density at radius 2 is 2.44 bits per heavy atom. The van der Waals surface area contributed by atoms with Gasteiger partial charge in [0.15, 0.2) is 6.17 Å². The fourth-order valence-corrected chi connectivity index (χ4v) is 1.39. The number of nitrogens with zero attached hydrogens (tertiary/aromatic N) is 2. The van der Waals surface area contributed by atoms with Gasteiger partial charge in [-0.15, -0.1) is 0 Å². The Balaban J connectivity index is 3.33. The molecule has 0 aromatic carbocycles. The van der Waals surface area contributed by atoms with Crippen LogP contribution in [0.3, 0.4) is 0 Å². The van der Waals surface area contributed by atoms with E-state index in [-0.39, 0.29) is 22.0 Å². The van der Waals surface area contributed by atoms with Gasteiger partial charge < -0.3 is 10.6 Å². The molecule has 1 atom stereocenters. The van der Waals surface area contributed by atoms with E-state index < -0.39 is 12.0 Å². The lowest BCUT2D eigenvalue weighted by atomic mass is 9.98. The molecule has 16 heavy (non-hydrogen) atoms. The summed E-state index contributed by atoms with van der Waals surface area (Å²) in [5, 5.41) is 11.5. The Labute approximate surface area is 95.6 Å². The van der Waals surface area contributed by atoms with Crippen LogP contribution in [0.15, 0.2) is 27.5 Å². The molecule has 0 saturated carbocycles. The van der Waals surface area contributed by atoms with Crippen molar-refractivity contribution in [1.82, 2.24) is 0 Å². The maximum atomic E-state index is 13.5. The van der Waals surface area contributed by atoms with Crippen LogP contribution < -0.4 is 5.73 Å². The van der Waals surface area contributed by atoms with E-state index >= 15 is 0 Å². The number of ketones is 1. The van der Waals surface area contributed by atoms with Gasteiger partial charge in [0.05, 0.1) is 16.3 Å². The predicted octanol–water partition coefficient (Wildman–Crippen LogP) is 0.769. The van der Waals surface area contributed by atoms with Gasteiger partial charge in [-0.05, 0) is 6.08 Å².